The van der Waals surface area contributed by atoms with Crippen molar-refractivity contribution >= 4 is 12.0 Å². The summed E-state index contributed by atoms with van der Waals surface area (Å²) < 4.78 is 0. The molecule has 0 unspecified atom stereocenters. The molecule has 0 aliphatic carbocycles. The van der Waals surface area contributed by atoms with Crippen LogP contribution in [0.3, 0.4) is 0 Å². The molecule has 5 nitrogen and oxygen atoms in total. The number of carbonyl (C=O) groups excluding carboxylic acids is 1. The number of carbonyl (C=O) groups is 2. The van der Waals surface area contributed by atoms with Gasteiger partial charge in [0, 0.05) is 6.54 Å². The third kappa shape index (κ3) is 6.82. The van der Waals surface area contributed by atoms with E-state index in [1.807, 2.05) is 0 Å². The maximum Gasteiger partial charge on any atom is 0.329 e. The van der Waals surface area contributed by atoms with Gasteiger partial charge in [-0.1, -0.05) is 53.9 Å². The Morgan fingerprint density at radius 1 is 1.05 bits per heavy atom. The molecule has 0 atom stereocenters. The summed E-state index contributed by atoms with van der Waals surface area (Å²) in [5, 5.41) is 14.7. The van der Waals surface area contributed by atoms with Crippen molar-refractivity contribution in [2.45, 2.75) is 78.7 Å². The van der Waals surface area contributed by atoms with E-state index in [-0.39, 0.29) is 5.41 Å². The topological polar surface area (TPSA) is 78.4 Å². The van der Waals surface area contributed by atoms with Gasteiger partial charge in [0.15, 0.2) is 0 Å². The van der Waals surface area contributed by atoms with Gasteiger partial charge in [-0.2, -0.15) is 0 Å². The molecule has 0 rings (SSSR count). The maximum atomic E-state index is 12.0. The van der Waals surface area contributed by atoms with Crippen molar-refractivity contribution in [2.75, 3.05) is 6.54 Å². The fourth-order valence-corrected chi connectivity index (χ4v) is 2.31. The standard InChI is InChI=1S/C16H32N2O3/c1-6-9-10-11-15(4,5)12-17-14(21)18-16(7-2,8-3)13(19)20/h6-12H2,1-5H3,(H,19,20)(H2,17,18,21). The average molecular weight is 300 g/mol. The maximum absolute atomic E-state index is 12.0. The van der Waals surface area contributed by atoms with Crippen LogP contribution in [0.15, 0.2) is 0 Å². The lowest BCUT2D eigenvalue weighted by molar-refractivity contribution is -0.144. The Labute approximate surface area is 128 Å². The molecule has 0 aromatic rings. The van der Waals surface area contributed by atoms with Crippen LogP contribution >= 0.6 is 0 Å². The molecule has 0 aromatic heterocycles. The van der Waals surface area contributed by atoms with Crippen LogP contribution in [0.4, 0.5) is 4.79 Å². The molecule has 0 heterocycles. The zero-order valence-corrected chi connectivity index (χ0v) is 14.2. The molecule has 124 valence electrons. The molecular weight excluding hydrogens is 268 g/mol. The monoisotopic (exact) mass is 300 g/mol. The first-order chi connectivity index (χ1) is 9.73. The summed E-state index contributed by atoms with van der Waals surface area (Å²) in [6.07, 6.45) is 5.31. The van der Waals surface area contributed by atoms with Crippen molar-refractivity contribution in [1.29, 1.82) is 0 Å². The minimum Gasteiger partial charge on any atom is -0.480 e. The lowest BCUT2D eigenvalue weighted by atomic mass is 9.87. The van der Waals surface area contributed by atoms with E-state index in [1.165, 1.54) is 12.8 Å². The minimum atomic E-state index is -1.17. The zero-order chi connectivity index (χ0) is 16.5. The van der Waals surface area contributed by atoms with E-state index in [1.54, 1.807) is 13.8 Å². The fourth-order valence-electron chi connectivity index (χ4n) is 2.31. The Morgan fingerprint density at radius 2 is 1.62 bits per heavy atom. The molecule has 0 aliphatic rings. The highest BCUT2D eigenvalue weighted by Crippen LogP contribution is 2.22. The lowest BCUT2D eigenvalue weighted by Gasteiger charge is -2.30. The van der Waals surface area contributed by atoms with Crippen LogP contribution < -0.4 is 10.6 Å². The molecule has 0 radical (unpaired) electrons. The number of hydrogen-bond acceptors (Lipinski definition) is 2. The van der Waals surface area contributed by atoms with Crippen LogP contribution in [0, 0.1) is 5.41 Å². The van der Waals surface area contributed by atoms with Crippen LogP contribution in [0.2, 0.25) is 0 Å². The highest BCUT2D eigenvalue weighted by molar-refractivity contribution is 5.86. The molecule has 5 heteroatoms. The lowest BCUT2D eigenvalue weighted by Crippen LogP contribution is -2.57. The fraction of sp³-hybridized carbons (Fsp3) is 0.875. The van der Waals surface area contributed by atoms with Crippen LogP contribution in [-0.2, 0) is 4.79 Å². The van der Waals surface area contributed by atoms with Crippen molar-refractivity contribution in [3.63, 3.8) is 0 Å². The Balaban J connectivity index is 4.39. The molecule has 0 saturated heterocycles. The van der Waals surface area contributed by atoms with Crippen LogP contribution in [0.5, 0.6) is 0 Å². The summed E-state index contributed by atoms with van der Waals surface area (Å²) in [4.78, 5) is 23.3. The van der Waals surface area contributed by atoms with E-state index in [2.05, 4.69) is 31.4 Å². The smallest absolute Gasteiger partial charge is 0.329 e. The van der Waals surface area contributed by atoms with Gasteiger partial charge in [-0.05, 0) is 24.7 Å². The Hall–Kier alpha value is -1.26. The molecule has 0 saturated carbocycles. The molecule has 21 heavy (non-hydrogen) atoms. The van der Waals surface area contributed by atoms with Gasteiger partial charge in [0.25, 0.3) is 0 Å². The van der Waals surface area contributed by atoms with Gasteiger partial charge in [-0.3, -0.25) is 0 Å². The summed E-state index contributed by atoms with van der Waals surface area (Å²) in [7, 11) is 0. The van der Waals surface area contributed by atoms with Crippen molar-refractivity contribution in [3.05, 3.63) is 0 Å². The summed E-state index contributed by atoms with van der Waals surface area (Å²) in [6, 6.07) is -0.398. The van der Waals surface area contributed by atoms with E-state index in [0.29, 0.717) is 19.4 Å². The molecular formula is C16H32N2O3. The Kier molecular flexibility index (Phi) is 8.37. The van der Waals surface area contributed by atoms with Gasteiger partial charge in [-0.15, -0.1) is 0 Å². The first-order valence-corrected chi connectivity index (χ1v) is 8.02. The molecule has 3 N–H and O–H groups in total. The zero-order valence-electron chi connectivity index (χ0n) is 14.2. The van der Waals surface area contributed by atoms with E-state index in [0.717, 1.165) is 12.8 Å². The molecule has 0 aliphatic heterocycles. The van der Waals surface area contributed by atoms with Crippen molar-refractivity contribution < 1.29 is 14.7 Å². The predicted octanol–water partition coefficient (Wildman–Crippen LogP) is 3.54. The van der Waals surface area contributed by atoms with Crippen molar-refractivity contribution in [2.24, 2.45) is 5.41 Å². The summed E-state index contributed by atoms with van der Waals surface area (Å²) >= 11 is 0. The summed E-state index contributed by atoms with van der Waals surface area (Å²) in [5.41, 5.74) is -1.15. The first-order valence-electron chi connectivity index (χ1n) is 8.02. The van der Waals surface area contributed by atoms with E-state index in [9.17, 15) is 14.7 Å². The number of nitrogens with one attached hydrogen (secondary N) is 2. The summed E-state index contributed by atoms with van der Waals surface area (Å²) in [5.74, 6) is -0.982. The van der Waals surface area contributed by atoms with Gasteiger partial charge in [0.05, 0.1) is 0 Å². The van der Waals surface area contributed by atoms with Gasteiger partial charge < -0.3 is 15.7 Å². The van der Waals surface area contributed by atoms with Crippen LogP contribution in [0.1, 0.15) is 73.1 Å². The molecule has 0 bridgehead atoms. The highest BCUT2D eigenvalue weighted by Gasteiger charge is 2.36. The van der Waals surface area contributed by atoms with Crippen molar-refractivity contribution in [1.82, 2.24) is 10.6 Å². The minimum absolute atomic E-state index is 0.0246. The number of unbranched alkanes of at least 4 members (excludes halogenated alkanes) is 2. The molecule has 0 aromatic carbocycles. The Morgan fingerprint density at radius 3 is 2.05 bits per heavy atom. The largest absolute Gasteiger partial charge is 0.480 e. The second kappa shape index (κ2) is 8.90. The molecule has 2 amide bonds. The SMILES string of the molecule is CCCCCC(C)(C)CNC(=O)NC(CC)(CC)C(=O)O. The number of hydrogen-bond donors (Lipinski definition) is 3. The van der Waals surface area contributed by atoms with Crippen LogP contribution in [-0.4, -0.2) is 29.2 Å². The number of amides is 2. The van der Waals surface area contributed by atoms with Gasteiger partial charge >= 0.3 is 12.0 Å². The van der Waals surface area contributed by atoms with E-state index < -0.39 is 17.5 Å². The number of urea groups is 1. The Bertz CT molecular complexity index is 336. The third-order valence-electron chi connectivity index (χ3n) is 4.15. The van der Waals surface area contributed by atoms with E-state index in [4.69, 9.17) is 0 Å². The van der Waals surface area contributed by atoms with Gasteiger partial charge in [-0.25, -0.2) is 9.59 Å². The second-order valence-electron chi connectivity index (χ2n) is 6.52. The normalized spacial score (nSPS) is 12.0. The van der Waals surface area contributed by atoms with E-state index >= 15 is 0 Å². The average Bonchev–Trinajstić information content (AvgIpc) is 2.42. The highest BCUT2D eigenvalue weighted by atomic mass is 16.4. The number of aliphatic carboxylic acids is 1. The van der Waals surface area contributed by atoms with Crippen molar-refractivity contribution in [3.8, 4) is 0 Å². The number of rotatable bonds is 10. The third-order valence-corrected chi connectivity index (χ3v) is 4.15. The van der Waals surface area contributed by atoms with Crippen LogP contribution in [0.25, 0.3) is 0 Å². The van der Waals surface area contributed by atoms with Gasteiger partial charge in [0.2, 0.25) is 0 Å². The molecule has 0 fully saturated rings. The second-order valence-corrected chi connectivity index (χ2v) is 6.52. The first kappa shape index (κ1) is 19.7. The summed E-state index contributed by atoms with van der Waals surface area (Å²) in [6.45, 7) is 10.5. The number of carboxylic acids is 1. The predicted molar refractivity (Wildman–Crippen MR) is 85.4 cm³/mol. The number of carboxylic acid groups (broad SMARTS) is 1. The quantitative estimate of drug-likeness (QED) is 0.540. The molecule has 0 spiro atoms. The van der Waals surface area contributed by atoms with Gasteiger partial charge in [0.1, 0.15) is 5.54 Å².